The number of allylic oxidation sites excluding steroid dienone is 1. The summed E-state index contributed by atoms with van der Waals surface area (Å²) in [6.07, 6.45) is 0.924. The molecule has 0 radical (unpaired) electrons. The van der Waals surface area contributed by atoms with Crippen LogP contribution in [0.1, 0.15) is 46.9 Å². The molecular weight excluding hydrogens is 494 g/mol. The molecule has 0 saturated heterocycles. The molecule has 4 aromatic rings. The van der Waals surface area contributed by atoms with Gasteiger partial charge in [-0.1, -0.05) is 91.0 Å². The molecule has 1 amide bonds. The minimum atomic E-state index is -0.476. The molecule has 5 rings (SSSR count). The Morgan fingerprint density at radius 1 is 0.974 bits per heavy atom. The van der Waals surface area contributed by atoms with Crippen molar-refractivity contribution >= 4 is 35.1 Å². The summed E-state index contributed by atoms with van der Waals surface area (Å²) < 4.78 is 1.74. The number of nitrogens with one attached hydrogen (secondary N) is 2. The molecule has 1 aromatic heterocycles. The third-order valence-electron chi connectivity index (χ3n) is 6.52. The van der Waals surface area contributed by atoms with Crippen molar-refractivity contribution in [1.82, 2.24) is 14.8 Å². The van der Waals surface area contributed by atoms with Gasteiger partial charge >= 0.3 is 0 Å². The smallest absolute Gasteiger partial charge is 0.255 e. The van der Waals surface area contributed by atoms with Crippen molar-refractivity contribution in [3.63, 3.8) is 0 Å². The summed E-state index contributed by atoms with van der Waals surface area (Å²) >= 11 is 1.29. The molecule has 0 aliphatic carbocycles. The Balaban J connectivity index is 1.45. The number of para-hydroxylation sites is 1. The van der Waals surface area contributed by atoms with E-state index in [0.717, 1.165) is 17.5 Å². The standard InChI is InChI=1S/C30H29N5O2S/c1-4-21-12-16-23(17-13-21)27-26(28(37)32-24-8-6-5-7-9-24)20(3)31-29-33-30(34-35(27)29)38-18-25(36)22-14-10-19(2)11-15-22/h5-17,27H,4,18H2,1-3H3,(H,32,37)(H,31,33,34)/t27-/m0/s1. The van der Waals surface area contributed by atoms with Crippen LogP contribution in [0.4, 0.5) is 11.6 Å². The van der Waals surface area contributed by atoms with E-state index in [0.29, 0.717) is 33.6 Å². The molecule has 0 unspecified atom stereocenters. The van der Waals surface area contributed by atoms with Crippen molar-refractivity contribution in [3.8, 4) is 0 Å². The van der Waals surface area contributed by atoms with E-state index in [1.807, 2.05) is 80.6 Å². The maximum atomic E-state index is 13.6. The number of Topliss-reactive ketones (excluding diaryl/α,β-unsaturated/α-hetero) is 1. The van der Waals surface area contributed by atoms with Gasteiger partial charge in [-0.25, -0.2) is 4.68 Å². The normalized spacial score (nSPS) is 14.6. The van der Waals surface area contributed by atoms with Gasteiger partial charge < -0.3 is 10.6 Å². The van der Waals surface area contributed by atoms with Crippen LogP contribution in [0.5, 0.6) is 0 Å². The predicted octanol–water partition coefficient (Wildman–Crippen LogP) is 6.05. The molecule has 1 aliphatic rings. The van der Waals surface area contributed by atoms with Gasteiger partial charge in [-0.05, 0) is 43.5 Å². The van der Waals surface area contributed by atoms with Gasteiger partial charge in [0.15, 0.2) is 5.78 Å². The minimum absolute atomic E-state index is 0.0136. The largest absolute Gasteiger partial charge is 0.328 e. The summed E-state index contributed by atoms with van der Waals surface area (Å²) in [7, 11) is 0. The molecule has 0 spiro atoms. The first kappa shape index (κ1) is 25.5. The Hall–Kier alpha value is -4.17. The van der Waals surface area contributed by atoms with E-state index in [1.165, 1.54) is 17.3 Å². The SMILES string of the molecule is CCc1ccc([C@H]2C(C(=O)Nc3ccccc3)=C(C)Nc3nc(SCC(=O)c4ccc(C)cc4)nn32)cc1. The molecule has 3 aromatic carbocycles. The van der Waals surface area contributed by atoms with Crippen molar-refractivity contribution in [2.75, 3.05) is 16.4 Å². The van der Waals surface area contributed by atoms with E-state index in [4.69, 9.17) is 5.10 Å². The number of hydrogen-bond acceptors (Lipinski definition) is 6. The highest BCUT2D eigenvalue weighted by atomic mass is 32.2. The van der Waals surface area contributed by atoms with Crippen LogP contribution in [-0.2, 0) is 11.2 Å². The van der Waals surface area contributed by atoms with Gasteiger partial charge in [0.25, 0.3) is 5.91 Å². The lowest BCUT2D eigenvalue weighted by atomic mass is 9.94. The first-order valence-electron chi connectivity index (χ1n) is 12.5. The molecule has 38 heavy (non-hydrogen) atoms. The van der Waals surface area contributed by atoms with Crippen LogP contribution < -0.4 is 10.6 Å². The molecule has 0 fully saturated rings. The van der Waals surface area contributed by atoms with E-state index in [2.05, 4.69) is 34.7 Å². The van der Waals surface area contributed by atoms with Crippen molar-refractivity contribution in [1.29, 1.82) is 0 Å². The van der Waals surface area contributed by atoms with E-state index < -0.39 is 6.04 Å². The predicted molar refractivity (Wildman–Crippen MR) is 152 cm³/mol. The second-order valence-electron chi connectivity index (χ2n) is 9.22. The van der Waals surface area contributed by atoms with Gasteiger partial charge in [0.1, 0.15) is 6.04 Å². The number of amides is 1. The third kappa shape index (κ3) is 5.40. The first-order valence-corrected chi connectivity index (χ1v) is 13.5. The fourth-order valence-electron chi connectivity index (χ4n) is 4.40. The second-order valence-corrected chi connectivity index (χ2v) is 10.2. The highest BCUT2D eigenvalue weighted by molar-refractivity contribution is 7.99. The Bertz CT molecular complexity index is 1490. The number of aryl methyl sites for hydroxylation is 2. The van der Waals surface area contributed by atoms with Gasteiger partial charge in [-0.15, -0.1) is 5.10 Å². The summed E-state index contributed by atoms with van der Waals surface area (Å²) in [5.41, 5.74) is 5.89. The molecular formula is C30H29N5O2S. The number of carbonyl (C=O) groups excluding carboxylic acids is 2. The lowest BCUT2D eigenvalue weighted by Gasteiger charge is -2.28. The maximum absolute atomic E-state index is 13.6. The minimum Gasteiger partial charge on any atom is -0.328 e. The van der Waals surface area contributed by atoms with Crippen LogP contribution in [0.25, 0.3) is 0 Å². The molecule has 0 saturated carbocycles. The zero-order chi connectivity index (χ0) is 26.6. The Kier molecular flexibility index (Phi) is 7.42. The molecule has 192 valence electrons. The number of benzene rings is 3. The van der Waals surface area contributed by atoms with Crippen LogP contribution in [0.3, 0.4) is 0 Å². The van der Waals surface area contributed by atoms with Crippen molar-refractivity contribution in [3.05, 3.63) is 112 Å². The van der Waals surface area contributed by atoms with Crippen molar-refractivity contribution in [2.45, 2.75) is 38.4 Å². The third-order valence-corrected chi connectivity index (χ3v) is 7.36. The van der Waals surface area contributed by atoms with Gasteiger partial charge in [-0.2, -0.15) is 4.98 Å². The highest BCUT2D eigenvalue weighted by Gasteiger charge is 2.34. The molecule has 8 heteroatoms. The molecule has 2 N–H and O–H groups in total. The first-order chi connectivity index (χ1) is 18.4. The molecule has 1 atom stereocenters. The van der Waals surface area contributed by atoms with Gasteiger partial charge in [-0.3, -0.25) is 9.59 Å². The van der Waals surface area contributed by atoms with E-state index >= 15 is 0 Å². The van der Waals surface area contributed by atoms with Crippen LogP contribution in [0, 0.1) is 6.92 Å². The zero-order valence-electron chi connectivity index (χ0n) is 21.6. The van der Waals surface area contributed by atoms with Gasteiger partial charge in [0, 0.05) is 16.9 Å². The van der Waals surface area contributed by atoms with E-state index in [1.54, 1.807) is 4.68 Å². The molecule has 1 aliphatic heterocycles. The summed E-state index contributed by atoms with van der Waals surface area (Å²) in [4.78, 5) is 31.0. The summed E-state index contributed by atoms with van der Waals surface area (Å²) in [6, 6.07) is 24.7. The topological polar surface area (TPSA) is 88.9 Å². The maximum Gasteiger partial charge on any atom is 0.255 e. The zero-order valence-corrected chi connectivity index (χ0v) is 22.4. The second kappa shape index (κ2) is 11.1. The summed E-state index contributed by atoms with van der Waals surface area (Å²) in [5, 5.41) is 11.5. The number of thioether (sulfide) groups is 1. The number of hydrogen-bond donors (Lipinski definition) is 2. The Labute approximate surface area is 226 Å². The van der Waals surface area contributed by atoms with Gasteiger partial charge in [0.05, 0.1) is 11.3 Å². The number of rotatable bonds is 8. The van der Waals surface area contributed by atoms with Crippen LogP contribution in [0.15, 0.2) is 95.3 Å². The average Bonchev–Trinajstić information content (AvgIpc) is 3.34. The fraction of sp³-hybridized carbons (Fsp3) is 0.200. The van der Waals surface area contributed by atoms with Gasteiger partial charge in [0.2, 0.25) is 11.1 Å². The van der Waals surface area contributed by atoms with E-state index in [9.17, 15) is 9.59 Å². The number of aromatic nitrogens is 3. The molecule has 7 nitrogen and oxygen atoms in total. The quantitative estimate of drug-likeness (QED) is 0.216. The number of carbonyl (C=O) groups is 2. The van der Waals surface area contributed by atoms with Crippen LogP contribution in [0.2, 0.25) is 0 Å². The Morgan fingerprint density at radius 2 is 1.68 bits per heavy atom. The summed E-state index contributed by atoms with van der Waals surface area (Å²) in [5.74, 6) is 0.555. The number of fused-ring (bicyclic) bond motifs is 1. The van der Waals surface area contributed by atoms with Crippen LogP contribution in [-0.4, -0.2) is 32.2 Å². The summed E-state index contributed by atoms with van der Waals surface area (Å²) in [6.45, 7) is 5.98. The fourth-order valence-corrected chi connectivity index (χ4v) is 5.13. The Morgan fingerprint density at radius 3 is 2.37 bits per heavy atom. The van der Waals surface area contributed by atoms with Crippen LogP contribution >= 0.6 is 11.8 Å². The lowest BCUT2D eigenvalue weighted by Crippen LogP contribution is -2.31. The monoisotopic (exact) mass is 523 g/mol. The molecule has 0 bridgehead atoms. The highest BCUT2D eigenvalue weighted by Crippen LogP contribution is 2.37. The number of ketones is 1. The molecule has 2 heterocycles. The average molecular weight is 524 g/mol. The van der Waals surface area contributed by atoms with Crippen molar-refractivity contribution in [2.24, 2.45) is 0 Å². The number of nitrogens with zero attached hydrogens (tertiary/aromatic N) is 3. The van der Waals surface area contributed by atoms with Crippen molar-refractivity contribution < 1.29 is 9.59 Å². The van der Waals surface area contributed by atoms with E-state index in [-0.39, 0.29) is 17.4 Å². The lowest BCUT2D eigenvalue weighted by molar-refractivity contribution is -0.113. The number of anilines is 2.